The van der Waals surface area contributed by atoms with E-state index in [0.717, 1.165) is 57.1 Å². The number of hydrogen-bond donors (Lipinski definition) is 1. The van der Waals surface area contributed by atoms with E-state index in [-0.39, 0.29) is 0 Å². The summed E-state index contributed by atoms with van der Waals surface area (Å²) in [6.07, 6.45) is 2.18. The van der Waals surface area contributed by atoms with Gasteiger partial charge in [0, 0.05) is 6.54 Å². The van der Waals surface area contributed by atoms with Crippen LogP contribution in [0.25, 0.3) is 0 Å². The maximum Gasteiger partial charge on any atom is 0.143 e. The lowest BCUT2D eigenvalue weighted by molar-refractivity contribution is 0.306. The van der Waals surface area contributed by atoms with Gasteiger partial charge in [-0.3, -0.25) is 0 Å². The van der Waals surface area contributed by atoms with Crippen molar-refractivity contribution in [3.8, 4) is 11.5 Å². The first-order valence-electron chi connectivity index (χ1n) is 9.13. The summed E-state index contributed by atoms with van der Waals surface area (Å²) in [6, 6.07) is 10.6. The number of fused-ring (bicyclic) bond motifs is 2. The first-order chi connectivity index (χ1) is 12.3. The van der Waals surface area contributed by atoms with Crippen molar-refractivity contribution in [2.75, 3.05) is 38.3 Å². The number of benzene rings is 2. The van der Waals surface area contributed by atoms with Crippen LogP contribution in [-0.2, 0) is 19.4 Å². The van der Waals surface area contributed by atoms with Gasteiger partial charge in [0.25, 0.3) is 0 Å². The molecule has 2 heterocycles. The second kappa shape index (κ2) is 6.96. The van der Waals surface area contributed by atoms with E-state index in [1.165, 1.54) is 27.9 Å². The largest absolute Gasteiger partial charge is 0.497 e. The Bertz CT molecular complexity index is 773. The molecule has 0 unspecified atom stereocenters. The van der Waals surface area contributed by atoms with Gasteiger partial charge in [-0.1, -0.05) is 12.1 Å². The molecule has 0 atom stereocenters. The van der Waals surface area contributed by atoms with E-state index < -0.39 is 0 Å². The number of rotatable bonds is 3. The van der Waals surface area contributed by atoms with E-state index in [1.807, 2.05) is 6.07 Å². The van der Waals surface area contributed by atoms with Crippen LogP contribution < -0.4 is 19.7 Å². The molecule has 132 valence electrons. The highest BCUT2D eigenvalue weighted by molar-refractivity contribution is 5.69. The Kier molecular flexibility index (Phi) is 4.53. The zero-order valence-corrected chi connectivity index (χ0v) is 15.1. The summed E-state index contributed by atoms with van der Waals surface area (Å²) in [7, 11) is 1.72. The molecule has 0 bridgehead atoms. The monoisotopic (exact) mass is 338 g/mol. The van der Waals surface area contributed by atoms with Crippen molar-refractivity contribution in [3.05, 3.63) is 52.6 Å². The van der Waals surface area contributed by atoms with Crippen molar-refractivity contribution in [1.82, 2.24) is 5.32 Å². The summed E-state index contributed by atoms with van der Waals surface area (Å²) in [4.78, 5) is 2.46. The summed E-state index contributed by atoms with van der Waals surface area (Å²) < 4.78 is 11.4. The van der Waals surface area contributed by atoms with E-state index in [0.29, 0.717) is 0 Å². The first-order valence-corrected chi connectivity index (χ1v) is 9.13. The highest BCUT2D eigenvalue weighted by Crippen LogP contribution is 2.40. The van der Waals surface area contributed by atoms with Crippen molar-refractivity contribution < 1.29 is 9.47 Å². The maximum absolute atomic E-state index is 6.04. The average molecular weight is 338 g/mol. The van der Waals surface area contributed by atoms with Gasteiger partial charge < -0.3 is 19.7 Å². The van der Waals surface area contributed by atoms with Crippen molar-refractivity contribution >= 4 is 5.69 Å². The number of ether oxygens (including phenoxy) is 2. The molecule has 0 saturated carbocycles. The minimum atomic E-state index is 0.743. The van der Waals surface area contributed by atoms with Gasteiger partial charge in [0.1, 0.15) is 18.1 Å². The third kappa shape index (κ3) is 3.19. The molecule has 1 N–H and O–H groups in total. The second-order valence-electron chi connectivity index (χ2n) is 6.86. The lowest BCUT2D eigenvalue weighted by Gasteiger charge is -2.34. The molecule has 0 amide bonds. The van der Waals surface area contributed by atoms with Crippen molar-refractivity contribution in [2.24, 2.45) is 0 Å². The lowest BCUT2D eigenvalue weighted by atomic mass is 9.94. The molecule has 2 aliphatic heterocycles. The van der Waals surface area contributed by atoms with Gasteiger partial charge in [0.05, 0.1) is 19.3 Å². The quantitative estimate of drug-likeness (QED) is 0.932. The molecule has 4 nitrogen and oxygen atoms in total. The molecule has 0 spiro atoms. The van der Waals surface area contributed by atoms with Gasteiger partial charge in [-0.15, -0.1) is 0 Å². The summed E-state index contributed by atoms with van der Waals surface area (Å²) in [6.45, 7) is 6.92. The topological polar surface area (TPSA) is 33.7 Å². The van der Waals surface area contributed by atoms with Gasteiger partial charge >= 0.3 is 0 Å². The van der Waals surface area contributed by atoms with Crippen LogP contribution in [0.15, 0.2) is 30.3 Å². The Labute approximate surface area is 149 Å². The lowest BCUT2D eigenvalue weighted by Crippen LogP contribution is -2.33. The number of nitrogens with zero attached hydrogens (tertiary/aromatic N) is 1. The van der Waals surface area contributed by atoms with Crippen LogP contribution in [-0.4, -0.2) is 33.4 Å². The van der Waals surface area contributed by atoms with Crippen LogP contribution in [0.4, 0.5) is 5.69 Å². The summed E-state index contributed by atoms with van der Waals surface area (Å²) >= 11 is 0. The van der Waals surface area contributed by atoms with Gasteiger partial charge in [0.2, 0.25) is 0 Å². The van der Waals surface area contributed by atoms with Crippen molar-refractivity contribution in [3.63, 3.8) is 0 Å². The first kappa shape index (κ1) is 16.3. The van der Waals surface area contributed by atoms with Gasteiger partial charge in [-0.05, 0) is 73.3 Å². The van der Waals surface area contributed by atoms with E-state index in [9.17, 15) is 0 Å². The minimum Gasteiger partial charge on any atom is -0.497 e. The highest BCUT2D eigenvalue weighted by Gasteiger charge is 2.25. The van der Waals surface area contributed by atoms with Crippen LogP contribution in [0.1, 0.15) is 22.3 Å². The fourth-order valence-corrected chi connectivity index (χ4v) is 4.04. The zero-order valence-electron chi connectivity index (χ0n) is 15.1. The van der Waals surface area contributed by atoms with Crippen molar-refractivity contribution in [1.29, 1.82) is 0 Å². The van der Waals surface area contributed by atoms with Gasteiger partial charge in [-0.25, -0.2) is 0 Å². The third-order valence-corrected chi connectivity index (χ3v) is 5.30. The van der Waals surface area contributed by atoms with Crippen LogP contribution in [0.5, 0.6) is 11.5 Å². The molecule has 0 aromatic heterocycles. The number of hydrogen-bond acceptors (Lipinski definition) is 4. The second-order valence-corrected chi connectivity index (χ2v) is 6.86. The van der Waals surface area contributed by atoms with Gasteiger partial charge in [0.15, 0.2) is 0 Å². The smallest absolute Gasteiger partial charge is 0.143 e. The standard InChI is InChI=1S/C21H26N2O2/c1-15-19-7-9-22-8-6-17(19)13-20-21(15)23(10-11-25-20)14-16-4-3-5-18(12-16)24-2/h3-5,12-13,22H,6-11,14H2,1-2H3. The summed E-state index contributed by atoms with van der Waals surface area (Å²) in [5, 5.41) is 3.51. The third-order valence-electron chi connectivity index (χ3n) is 5.30. The molecule has 0 aliphatic carbocycles. The molecule has 4 heteroatoms. The average Bonchev–Trinajstić information content (AvgIpc) is 2.88. The Morgan fingerprint density at radius 2 is 2.08 bits per heavy atom. The molecule has 2 aliphatic rings. The highest BCUT2D eigenvalue weighted by atomic mass is 16.5. The van der Waals surface area contributed by atoms with Crippen molar-refractivity contribution in [2.45, 2.75) is 26.3 Å². The van der Waals surface area contributed by atoms with Crippen LogP contribution in [0.2, 0.25) is 0 Å². The molecule has 2 aromatic carbocycles. The number of methoxy groups -OCH3 is 1. The Balaban J connectivity index is 1.70. The Morgan fingerprint density at radius 3 is 2.96 bits per heavy atom. The van der Waals surface area contributed by atoms with E-state index in [2.05, 4.69) is 41.4 Å². The molecule has 4 rings (SSSR count). The fraction of sp³-hybridized carbons (Fsp3) is 0.429. The molecular weight excluding hydrogens is 312 g/mol. The fourth-order valence-electron chi connectivity index (χ4n) is 4.04. The van der Waals surface area contributed by atoms with Crippen LogP contribution in [0.3, 0.4) is 0 Å². The van der Waals surface area contributed by atoms with Gasteiger partial charge in [-0.2, -0.15) is 0 Å². The van der Waals surface area contributed by atoms with E-state index >= 15 is 0 Å². The summed E-state index contributed by atoms with van der Waals surface area (Å²) in [5.74, 6) is 1.96. The molecular formula is C21H26N2O2. The number of nitrogens with one attached hydrogen (secondary N) is 1. The van der Waals surface area contributed by atoms with Crippen LogP contribution in [0, 0.1) is 6.92 Å². The maximum atomic E-state index is 6.04. The van der Waals surface area contributed by atoms with Crippen LogP contribution >= 0.6 is 0 Å². The number of anilines is 1. The predicted molar refractivity (Wildman–Crippen MR) is 101 cm³/mol. The Morgan fingerprint density at radius 1 is 1.20 bits per heavy atom. The molecule has 0 fully saturated rings. The zero-order chi connectivity index (χ0) is 17.2. The van der Waals surface area contributed by atoms with E-state index in [1.54, 1.807) is 7.11 Å². The Hall–Kier alpha value is -2.20. The SMILES string of the molecule is COc1cccc(CN2CCOc3cc4c(c(C)c32)CCNCC4)c1. The normalized spacial score (nSPS) is 16.5. The predicted octanol–water partition coefficient (Wildman–Crippen LogP) is 3.09. The molecule has 2 aromatic rings. The molecule has 0 saturated heterocycles. The van der Waals surface area contributed by atoms with E-state index in [4.69, 9.17) is 9.47 Å². The molecule has 25 heavy (non-hydrogen) atoms. The summed E-state index contributed by atoms with van der Waals surface area (Å²) in [5.41, 5.74) is 6.88. The minimum absolute atomic E-state index is 0.743. The molecule has 0 radical (unpaired) electrons.